The molecule has 0 aromatic carbocycles. The summed E-state index contributed by atoms with van der Waals surface area (Å²) >= 11 is 0. The van der Waals surface area contributed by atoms with Crippen LogP contribution in [0.2, 0.25) is 0 Å². The minimum atomic E-state index is -0.564. The van der Waals surface area contributed by atoms with Gasteiger partial charge in [0.05, 0.1) is 26.4 Å². The molecule has 0 aliphatic carbocycles. The van der Waals surface area contributed by atoms with Crippen molar-refractivity contribution in [3.8, 4) is 0 Å². The summed E-state index contributed by atoms with van der Waals surface area (Å²) < 4.78 is 31.4. The van der Waals surface area contributed by atoms with E-state index < -0.39 is 12.6 Å². The Hall–Kier alpha value is -1.22. The van der Waals surface area contributed by atoms with E-state index in [2.05, 4.69) is 0 Å². The fourth-order valence-corrected chi connectivity index (χ4v) is 2.02. The van der Waals surface area contributed by atoms with Crippen LogP contribution in [0.4, 0.5) is 0 Å². The summed E-state index contributed by atoms with van der Waals surface area (Å²) in [5.41, 5.74) is 0. The Morgan fingerprint density at radius 1 is 0.880 bits per heavy atom. The zero-order valence-corrected chi connectivity index (χ0v) is 14.9. The fraction of sp³-hybridized carbons (Fsp3) is 0.882. The molecule has 0 radical (unpaired) electrons. The van der Waals surface area contributed by atoms with Gasteiger partial charge in [0.2, 0.25) is 12.6 Å². The first-order valence-electron chi connectivity index (χ1n) is 8.96. The average Bonchev–Trinajstić information content (AvgIpc) is 3.49. The van der Waals surface area contributed by atoms with Crippen LogP contribution in [-0.4, -0.2) is 63.2 Å². The second-order valence-corrected chi connectivity index (χ2v) is 6.09. The highest BCUT2D eigenvalue weighted by molar-refractivity contribution is 5.72. The second kappa shape index (κ2) is 10.7. The summed E-state index contributed by atoms with van der Waals surface area (Å²) in [6.45, 7) is 6.01. The number of hydrogen-bond acceptors (Lipinski definition) is 8. The SMILES string of the molecule is CCC(OCC1CO1)OC(=O)CCCC(=O)OC(CC)OCC1CO1. The summed E-state index contributed by atoms with van der Waals surface area (Å²) in [7, 11) is 0. The Kier molecular flexibility index (Phi) is 8.60. The molecule has 4 unspecified atom stereocenters. The monoisotopic (exact) mass is 360 g/mol. The van der Waals surface area contributed by atoms with Crippen LogP contribution >= 0.6 is 0 Å². The molecule has 0 spiro atoms. The lowest BCUT2D eigenvalue weighted by Crippen LogP contribution is -2.24. The number of rotatable bonds is 14. The summed E-state index contributed by atoms with van der Waals surface area (Å²) in [5.74, 6) is -0.768. The Balaban J connectivity index is 1.52. The molecule has 4 atom stereocenters. The number of carbonyl (C=O) groups is 2. The van der Waals surface area contributed by atoms with Crippen LogP contribution in [0.3, 0.4) is 0 Å². The molecule has 2 rings (SSSR count). The molecule has 2 saturated heterocycles. The normalized spacial score (nSPS) is 23.6. The molecule has 0 bridgehead atoms. The molecule has 0 aromatic heterocycles. The lowest BCUT2D eigenvalue weighted by Gasteiger charge is -2.17. The van der Waals surface area contributed by atoms with Crippen molar-refractivity contribution in [2.75, 3.05) is 26.4 Å². The fourth-order valence-electron chi connectivity index (χ4n) is 2.02. The second-order valence-electron chi connectivity index (χ2n) is 6.09. The van der Waals surface area contributed by atoms with Gasteiger partial charge in [-0.15, -0.1) is 0 Å². The molecule has 2 heterocycles. The first-order valence-corrected chi connectivity index (χ1v) is 8.96. The maximum absolute atomic E-state index is 11.8. The van der Waals surface area contributed by atoms with Gasteiger partial charge in [0.15, 0.2) is 0 Å². The standard InChI is InChI=1S/C17H28O8/c1-3-16(22-10-12-8-20-12)24-14(18)6-5-7-15(19)25-17(4-2)23-11-13-9-21-13/h12-13,16-17H,3-11H2,1-2H3. The zero-order valence-electron chi connectivity index (χ0n) is 14.9. The molecule has 0 N–H and O–H groups in total. The van der Waals surface area contributed by atoms with Gasteiger partial charge in [0.1, 0.15) is 12.2 Å². The average molecular weight is 360 g/mol. The predicted molar refractivity (Wildman–Crippen MR) is 85.6 cm³/mol. The molecular weight excluding hydrogens is 332 g/mol. The number of ether oxygens (including phenoxy) is 6. The molecular formula is C17H28O8. The molecule has 25 heavy (non-hydrogen) atoms. The van der Waals surface area contributed by atoms with E-state index in [1.807, 2.05) is 13.8 Å². The van der Waals surface area contributed by atoms with Gasteiger partial charge >= 0.3 is 11.9 Å². The maximum atomic E-state index is 11.8. The summed E-state index contributed by atoms with van der Waals surface area (Å²) in [6, 6.07) is 0. The van der Waals surface area contributed by atoms with Gasteiger partial charge in [0, 0.05) is 25.7 Å². The van der Waals surface area contributed by atoms with Crippen molar-refractivity contribution >= 4 is 11.9 Å². The third-order valence-electron chi connectivity index (χ3n) is 3.70. The number of esters is 2. The highest BCUT2D eigenvalue weighted by Crippen LogP contribution is 2.14. The van der Waals surface area contributed by atoms with Crippen molar-refractivity contribution in [3.05, 3.63) is 0 Å². The number of carbonyl (C=O) groups excluding carboxylic acids is 2. The molecule has 8 nitrogen and oxygen atoms in total. The van der Waals surface area contributed by atoms with Gasteiger partial charge < -0.3 is 28.4 Å². The van der Waals surface area contributed by atoms with Crippen LogP contribution < -0.4 is 0 Å². The van der Waals surface area contributed by atoms with E-state index in [-0.39, 0.29) is 37.0 Å². The van der Waals surface area contributed by atoms with E-state index in [1.54, 1.807) is 0 Å². The number of hydrogen-bond donors (Lipinski definition) is 0. The first-order chi connectivity index (χ1) is 12.1. The molecule has 2 aliphatic heterocycles. The van der Waals surface area contributed by atoms with Gasteiger partial charge in [-0.3, -0.25) is 9.59 Å². The van der Waals surface area contributed by atoms with Crippen LogP contribution in [0.15, 0.2) is 0 Å². The van der Waals surface area contributed by atoms with Gasteiger partial charge in [0.25, 0.3) is 0 Å². The minimum absolute atomic E-state index is 0.128. The maximum Gasteiger partial charge on any atom is 0.308 e. The lowest BCUT2D eigenvalue weighted by atomic mass is 10.2. The van der Waals surface area contributed by atoms with Crippen molar-refractivity contribution in [3.63, 3.8) is 0 Å². The molecule has 8 heteroatoms. The van der Waals surface area contributed by atoms with E-state index in [1.165, 1.54) is 0 Å². The molecule has 2 aliphatic rings. The summed E-state index contributed by atoms with van der Waals surface area (Å²) in [6.07, 6.45) is 0.914. The van der Waals surface area contributed by atoms with E-state index in [0.29, 0.717) is 45.7 Å². The third-order valence-corrected chi connectivity index (χ3v) is 3.70. The van der Waals surface area contributed by atoms with E-state index in [4.69, 9.17) is 28.4 Å². The Morgan fingerprint density at radius 2 is 1.28 bits per heavy atom. The Labute approximate surface area is 148 Å². The van der Waals surface area contributed by atoms with Crippen molar-refractivity contribution in [1.82, 2.24) is 0 Å². The Bertz CT molecular complexity index is 381. The summed E-state index contributed by atoms with van der Waals surface area (Å²) in [5, 5.41) is 0. The van der Waals surface area contributed by atoms with E-state index in [0.717, 1.165) is 0 Å². The zero-order chi connectivity index (χ0) is 18.1. The first kappa shape index (κ1) is 20.1. The van der Waals surface area contributed by atoms with Crippen LogP contribution in [0.25, 0.3) is 0 Å². The van der Waals surface area contributed by atoms with Crippen molar-refractivity contribution < 1.29 is 38.0 Å². The van der Waals surface area contributed by atoms with Crippen molar-refractivity contribution in [1.29, 1.82) is 0 Å². The van der Waals surface area contributed by atoms with Crippen LogP contribution in [0.1, 0.15) is 46.0 Å². The highest BCUT2D eigenvalue weighted by atomic mass is 16.7. The smallest absolute Gasteiger partial charge is 0.308 e. The van der Waals surface area contributed by atoms with Crippen LogP contribution in [0.5, 0.6) is 0 Å². The lowest BCUT2D eigenvalue weighted by molar-refractivity contribution is -0.181. The minimum Gasteiger partial charge on any atom is -0.436 e. The summed E-state index contributed by atoms with van der Waals surface area (Å²) in [4.78, 5) is 23.6. The Morgan fingerprint density at radius 3 is 1.60 bits per heavy atom. The molecule has 2 fully saturated rings. The van der Waals surface area contributed by atoms with Crippen LogP contribution in [0, 0.1) is 0 Å². The van der Waals surface area contributed by atoms with Gasteiger partial charge in [-0.05, 0) is 6.42 Å². The van der Waals surface area contributed by atoms with Gasteiger partial charge in [-0.2, -0.15) is 0 Å². The quantitative estimate of drug-likeness (QED) is 0.261. The van der Waals surface area contributed by atoms with E-state index in [9.17, 15) is 9.59 Å². The van der Waals surface area contributed by atoms with Gasteiger partial charge in [-0.25, -0.2) is 0 Å². The largest absolute Gasteiger partial charge is 0.436 e. The topological polar surface area (TPSA) is 96.1 Å². The molecule has 144 valence electrons. The third kappa shape index (κ3) is 9.15. The highest BCUT2D eigenvalue weighted by Gasteiger charge is 2.26. The molecule has 0 saturated carbocycles. The van der Waals surface area contributed by atoms with Crippen LogP contribution in [-0.2, 0) is 38.0 Å². The van der Waals surface area contributed by atoms with Gasteiger partial charge in [-0.1, -0.05) is 13.8 Å². The predicted octanol–water partition coefficient (Wildman–Crippen LogP) is 1.55. The molecule has 0 amide bonds. The van der Waals surface area contributed by atoms with Crippen molar-refractivity contribution in [2.24, 2.45) is 0 Å². The molecule has 0 aromatic rings. The number of epoxide rings is 2. The van der Waals surface area contributed by atoms with E-state index >= 15 is 0 Å². The van der Waals surface area contributed by atoms with Crippen molar-refractivity contribution in [2.45, 2.75) is 70.7 Å².